The van der Waals surface area contributed by atoms with E-state index in [4.69, 9.17) is 0 Å². The topological polar surface area (TPSA) is 47.6 Å². The number of fused-ring (bicyclic) bond motifs is 1. The van der Waals surface area contributed by atoms with Crippen molar-refractivity contribution < 1.29 is 4.79 Å². The van der Waals surface area contributed by atoms with Crippen LogP contribution in [0.15, 0.2) is 41.8 Å². The fourth-order valence-corrected chi connectivity index (χ4v) is 5.22. The quantitative estimate of drug-likeness (QED) is 0.764. The Labute approximate surface area is 178 Å². The number of carbonyl (C=O) groups excluding carboxylic acids is 1. The number of urea groups is 1. The molecule has 4 rings (SSSR count). The highest BCUT2D eigenvalue weighted by atomic mass is 32.1. The lowest BCUT2D eigenvalue weighted by Gasteiger charge is -2.34. The number of nitrogens with one attached hydrogen (secondary N) is 2. The van der Waals surface area contributed by atoms with E-state index < -0.39 is 0 Å². The number of carbonyl (C=O) groups is 1. The van der Waals surface area contributed by atoms with Crippen LogP contribution in [-0.2, 0) is 19.5 Å². The van der Waals surface area contributed by atoms with Gasteiger partial charge in [0.2, 0.25) is 0 Å². The fraction of sp³-hybridized carbons (Fsp3) is 0.522. The minimum atomic E-state index is -0.0217. The molecular weight excluding hydrogens is 380 g/mol. The molecule has 3 heterocycles. The van der Waals surface area contributed by atoms with Gasteiger partial charge in [-0.3, -0.25) is 9.80 Å². The molecule has 156 valence electrons. The highest BCUT2D eigenvalue weighted by Gasteiger charge is 2.23. The number of thiophene rings is 1. The molecule has 1 saturated heterocycles. The van der Waals surface area contributed by atoms with E-state index in [0.717, 1.165) is 52.0 Å². The maximum atomic E-state index is 12.4. The molecule has 2 amide bonds. The van der Waals surface area contributed by atoms with Gasteiger partial charge in [0, 0.05) is 56.2 Å². The Kier molecular flexibility index (Phi) is 6.85. The third kappa shape index (κ3) is 5.59. The molecule has 2 aromatic rings. The summed E-state index contributed by atoms with van der Waals surface area (Å²) in [5.74, 6) is 0. The summed E-state index contributed by atoms with van der Waals surface area (Å²) in [6, 6.07) is 13.5. The van der Waals surface area contributed by atoms with Gasteiger partial charge < -0.3 is 10.6 Å². The second kappa shape index (κ2) is 9.74. The fourth-order valence-electron chi connectivity index (χ4n) is 4.33. The van der Waals surface area contributed by atoms with Crippen LogP contribution in [0, 0.1) is 0 Å². The first kappa shape index (κ1) is 20.4. The van der Waals surface area contributed by atoms with Crippen molar-refractivity contribution in [2.75, 3.05) is 26.2 Å². The summed E-state index contributed by atoms with van der Waals surface area (Å²) < 4.78 is 0. The average Bonchev–Trinajstić information content (AvgIpc) is 3.22. The molecule has 0 aliphatic carbocycles. The predicted octanol–water partition coefficient (Wildman–Crippen LogP) is 3.46. The molecule has 2 aliphatic heterocycles. The monoisotopic (exact) mass is 412 g/mol. The second-order valence-electron chi connectivity index (χ2n) is 8.33. The highest BCUT2D eigenvalue weighted by molar-refractivity contribution is 7.10. The van der Waals surface area contributed by atoms with E-state index >= 15 is 0 Å². The van der Waals surface area contributed by atoms with E-state index in [0.29, 0.717) is 12.6 Å². The van der Waals surface area contributed by atoms with E-state index in [1.807, 2.05) is 11.3 Å². The van der Waals surface area contributed by atoms with Gasteiger partial charge in [0.15, 0.2) is 0 Å². The molecule has 0 spiro atoms. The van der Waals surface area contributed by atoms with Crippen LogP contribution in [0.3, 0.4) is 0 Å². The summed E-state index contributed by atoms with van der Waals surface area (Å²) in [5, 5.41) is 8.46. The van der Waals surface area contributed by atoms with Crippen LogP contribution < -0.4 is 10.6 Å². The zero-order valence-corrected chi connectivity index (χ0v) is 18.1. The number of likely N-dealkylation sites (tertiary alicyclic amines) is 1. The molecule has 1 fully saturated rings. The molecule has 1 aromatic heterocycles. The predicted molar refractivity (Wildman–Crippen MR) is 119 cm³/mol. The Morgan fingerprint density at radius 3 is 2.76 bits per heavy atom. The smallest absolute Gasteiger partial charge is 0.315 e. The van der Waals surface area contributed by atoms with Crippen LogP contribution in [0.4, 0.5) is 4.79 Å². The molecule has 1 unspecified atom stereocenters. The first-order chi connectivity index (χ1) is 14.2. The number of piperidine rings is 1. The standard InChI is InChI=1S/C23H32N4OS/c1-18(27-13-9-22-20(17-27)10-14-29-22)15-24-23(28)25-21-7-11-26(12-8-21)16-19-5-3-2-4-6-19/h2-6,10,14,18,21H,7-9,11-13,15-17H2,1H3,(H2,24,25,28). The average molecular weight is 413 g/mol. The molecular formula is C23H32N4OS. The van der Waals surface area contributed by atoms with Crippen molar-refractivity contribution in [3.05, 3.63) is 57.8 Å². The van der Waals surface area contributed by atoms with Gasteiger partial charge >= 0.3 is 6.03 Å². The van der Waals surface area contributed by atoms with Crippen LogP contribution in [-0.4, -0.2) is 54.1 Å². The summed E-state index contributed by atoms with van der Waals surface area (Å²) in [4.78, 5) is 18.8. The Morgan fingerprint density at radius 1 is 1.17 bits per heavy atom. The van der Waals surface area contributed by atoms with Gasteiger partial charge in [0.1, 0.15) is 0 Å². The maximum Gasteiger partial charge on any atom is 0.315 e. The molecule has 29 heavy (non-hydrogen) atoms. The number of hydrogen-bond acceptors (Lipinski definition) is 4. The van der Waals surface area contributed by atoms with E-state index in [1.54, 1.807) is 0 Å². The van der Waals surface area contributed by atoms with Crippen LogP contribution in [0.25, 0.3) is 0 Å². The molecule has 1 aromatic carbocycles. The van der Waals surface area contributed by atoms with Crippen molar-refractivity contribution >= 4 is 17.4 Å². The first-order valence-electron chi connectivity index (χ1n) is 10.8. The third-order valence-corrected chi connectivity index (χ3v) is 7.21. The van der Waals surface area contributed by atoms with Crippen molar-refractivity contribution in [3.8, 4) is 0 Å². The van der Waals surface area contributed by atoms with E-state index in [1.165, 1.54) is 16.0 Å². The number of nitrogens with zero attached hydrogens (tertiary/aromatic N) is 2. The Bertz CT molecular complexity index is 785. The van der Waals surface area contributed by atoms with Crippen molar-refractivity contribution in [1.29, 1.82) is 0 Å². The van der Waals surface area contributed by atoms with E-state index in [2.05, 4.69) is 69.1 Å². The molecule has 2 N–H and O–H groups in total. The van der Waals surface area contributed by atoms with Crippen molar-refractivity contribution in [2.24, 2.45) is 0 Å². The van der Waals surface area contributed by atoms with Gasteiger partial charge in [-0.15, -0.1) is 11.3 Å². The number of rotatable bonds is 6. The van der Waals surface area contributed by atoms with Gasteiger partial charge in [-0.2, -0.15) is 0 Å². The lowest BCUT2D eigenvalue weighted by Crippen LogP contribution is -2.50. The summed E-state index contributed by atoms with van der Waals surface area (Å²) >= 11 is 1.87. The summed E-state index contributed by atoms with van der Waals surface area (Å²) in [5.41, 5.74) is 2.82. The number of amides is 2. The van der Waals surface area contributed by atoms with Crippen LogP contribution in [0.2, 0.25) is 0 Å². The number of benzene rings is 1. The van der Waals surface area contributed by atoms with Crippen molar-refractivity contribution in [2.45, 2.75) is 51.4 Å². The normalized spacial score (nSPS) is 19.5. The van der Waals surface area contributed by atoms with Gasteiger partial charge in [0.05, 0.1) is 0 Å². The van der Waals surface area contributed by atoms with Gasteiger partial charge in [-0.25, -0.2) is 4.79 Å². The molecule has 1 atom stereocenters. The zero-order chi connectivity index (χ0) is 20.1. The van der Waals surface area contributed by atoms with Crippen LogP contribution in [0.1, 0.15) is 35.8 Å². The molecule has 0 bridgehead atoms. The molecule has 0 radical (unpaired) electrons. The Hall–Kier alpha value is -1.89. The molecule has 2 aliphatic rings. The SMILES string of the molecule is CC(CNC(=O)NC1CCN(Cc2ccccc2)CC1)N1CCc2sccc2C1. The van der Waals surface area contributed by atoms with Gasteiger partial charge in [-0.1, -0.05) is 30.3 Å². The number of hydrogen-bond donors (Lipinski definition) is 2. The van der Waals surface area contributed by atoms with Crippen molar-refractivity contribution in [3.63, 3.8) is 0 Å². The molecule has 0 saturated carbocycles. The summed E-state index contributed by atoms with van der Waals surface area (Å²) in [7, 11) is 0. The first-order valence-corrected chi connectivity index (χ1v) is 11.7. The van der Waals surface area contributed by atoms with Crippen LogP contribution in [0.5, 0.6) is 0 Å². The van der Waals surface area contributed by atoms with E-state index in [-0.39, 0.29) is 12.1 Å². The minimum absolute atomic E-state index is 0.0217. The lowest BCUT2D eigenvalue weighted by molar-refractivity contribution is 0.177. The lowest BCUT2D eigenvalue weighted by atomic mass is 10.0. The Morgan fingerprint density at radius 2 is 1.97 bits per heavy atom. The maximum absolute atomic E-state index is 12.4. The Balaban J connectivity index is 1.14. The van der Waals surface area contributed by atoms with Crippen molar-refractivity contribution in [1.82, 2.24) is 20.4 Å². The highest BCUT2D eigenvalue weighted by Crippen LogP contribution is 2.25. The minimum Gasteiger partial charge on any atom is -0.337 e. The zero-order valence-electron chi connectivity index (χ0n) is 17.3. The van der Waals surface area contributed by atoms with Gasteiger partial charge in [-0.05, 0) is 48.8 Å². The molecule has 5 nitrogen and oxygen atoms in total. The second-order valence-corrected chi connectivity index (χ2v) is 9.33. The van der Waals surface area contributed by atoms with E-state index in [9.17, 15) is 4.79 Å². The third-order valence-electron chi connectivity index (χ3n) is 6.19. The van der Waals surface area contributed by atoms with Gasteiger partial charge in [0.25, 0.3) is 0 Å². The van der Waals surface area contributed by atoms with Crippen LogP contribution >= 0.6 is 11.3 Å². The largest absolute Gasteiger partial charge is 0.337 e. The summed E-state index contributed by atoms with van der Waals surface area (Å²) in [6.45, 7) is 8.05. The molecule has 6 heteroatoms. The summed E-state index contributed by atoms with van der Waals surface area (Å²) in [6.07, 6.45) is 3.16.